The van der Waals surface area contributed by atoms with Crippen LogP contribution in [0.2, 0.25) is 0 Å². The second-order valence-corrected chi connectivity index (χ2v) is 4.84. The van der Waals surface area contributed by atoms with E-state index in [1.54, 1.807) is 6.21 Å². The van der Waals surface area contributed by atoms with Crippen molar-refractivity contribution in [2.45, 2.75) is 19.3 Å². The van der Waals surface area contributed by atoms with E-state index in [-0.39, 0.29) is 6.61 Å². The van der Waals surface area contributed by atoms with E-state index in [2.05, 4.69) is 29.4 Å². The zero-order valence-electron chi connectivity index (χ0n) is 12.1. The number of aliphatic hydroxyl groups is 1. The lowest BCUT2D eigenvalue weighted by molar-refractivity contribution is 0.139. The highest BCUT2D eigenvalue weighted by Crippen LogP contribution is 2.18. The molecule has 0 bridgehead atoms. The zero-order chi connectivity index (χ0) is 14.8. The van der Waals surface area contributed by atoms with Gasteiger partial charge in [0.25, 0.3) is 0 Å². The first kappa shape index (κ1) is 15.3. The van der Waals surface area contributed by atoms with Crippen LogP contribution in [0.5, 0.6) is 0 Å². The molecular weight excluding hydrogens is 262 g/mol. The molecule has 0 saturated heterocycles. The lowest BCUT2D eigenvalue weighted by Gasteiger charge is -2.02. The number of aliphatic hydroxyl groups excluding tert-OH is 1. The Hall–Kier alpha value is -2.13. The predicted octanol–water partition coefficient (Wildman–Crippen LogP) is 3.87. The van der Waals surface area contributed by atoms with Crippen molar-refractivity contribution in [2.24, 2.45) is 5.16 Å². The second kappa shape index (κ2) is 8.93. The van der Waals surface area contributed by atoms with Crippen LogP contribution in [0, 0.1) is 0 Å². The molecule has 0 aliphatic rings. The first-order valence-corrected chi connectivity index (χ1v) is 7.32. The van der Waals surface area contributed by atoms with Crippen LogP contribution in [0.25, 0.3) is 11.1 Å². The Labute approximate surface area is 125 Å². The van der Waals surface area contributed by atoms with Crippen molar-refractivity contribution >= 4 is 6.21 Å². The van der Waals surface area contributed by atoms with Crippen LogP contribution in [-0.4, -0.2) is 24.5 Å². The first-order chi connectivity index (χ1) is 10.4. The van der Waals surface area contributed by atoms with Gasteiger partial charge in [-0.3, -0.25) is 0 Å². The molecule has 0 aliphatic heterocycles. The molecule has 3 heteroatoms. The summed E-state index contributed by atoms with van der Waals surface area (Å²) in [6.07, 6.45) is 4.44. The largest absolute Gasteiger partial charge is 0.396 e. The van der Waals surface area contributed by atoms with Gasteiger partial charge >= 0.3 is 0 Å². The van der Waals surface area contributed by atoms with Crippen LogP contribution < -0.4 is 0 Å². The lowest BCUT2D eigenvalue weighted by atomic mass is 10.0. The van der Waals surface area contributed by atoms with Gasteiger partial charge in [0.1, 0.15) is 6.61 Å². The highest BCUT2D eigenvalue weighted by molar-refractivity contribution is 5.80. The van der Waals surface area contributed by atoms with Crippen molar-refractivity contribution in [1.29, 1.82) is 0 Å². The van der Waals surface area contributed by atoms with Gasteiger partial charge in [0.2, 0.25) is 0 Å². The average Bonchev–Trinajstić information content (AvgIpc) is 2.55. The maximum atomic E-state index is 8.65. The van der Waals surface area contributed by atoms with E-state index < -0.39 is 0 Å². The van der Waals surface area contributed by atoms with E-state index in [1.165, 1.54) is 11.1 Å². The molecule has 0 amide bonds. The van der Waals surface area contributed by atoms with E-state index in [4.69, 9.17) is 9.94 Å². The molecule has 0 aliphatic carbocycles. The van der Waals surface area contributed by atoms with Crippen LogP contribution in [-0.2, 0) is 4.84 Å². The molecule has 0 aromatic heterocycles. The standard InChI is InChI=1S/C18H21NO2/c20-13-5-2-6-14-21-19-15-16-9-11-18(12-10-16)17-7-3-1-4-8-17/h1,3-4,7-12,15,20H,2,5-6,13-14H2. The maximum Gasteiger partial charge on any atom is 0.117 e. The average molecular weight is 283 g/mol. The van der Waals surface area contributed by atoms with E-state index in [1.807, 2.05) is 30.3 Å². The third-order valence-corrected chi connectivity index (χ3v) is 3.19. The minimum absolute atomic E-state index is 0.247. The van der Waals surface area contributed by atoms with Gasteiger partial charge in [0, 0.05) is 6.61 Å². The summed E-state index contributed by atoms with van der Waals surface area (Å²) >= 11 is 0. The van der Waals surface area contributed by atoms with Crippen molar-refractivity contribution in [3.8, 4) is 11.1 Å². The molecule has 3 nitrogen and oxygen atoms in total. The van der Waals surface area contributed by atoms with Crippen molar-refractivity contribution in [1.82, 2.24) is 0 Å². The lowest BCUT2D eigenvalue weighted by Crippen LogP contribution is -1.91. The van der Waals surface area contributed by atoms with Gasteiger partial charge < -0.3 is 9.94 Å². The summed E-state index contributed by atoms with van der Waals surface area (Å²) in [5.74, 6) is 0. The zero-order valence-corrected chi connectivity index (χ0v) is 12.1. The highest BCUT2D eigenvalue weighted by Gasteiger charge is 1.96. The van der Waals surface area contributed by atoms with Crippen molar-refractivity contribution in [2.75, 3.05) is 13.2 Å². The van der Waals surface area contributed by atoms with Crippen molar-refractivity contribution in [3.05, 3.63) is 60.2 Å². The van der Waals surface area contributed by atoms with Gasteiger partial charge in [-0.25, -0.2) is 0 Å². The minimum Gasteiger partial charge on any atom is -0.396 e. The molecule has 0 saturated carbocycles. The minimum atomic E-state index is 0.247. The fourth-order valence-electron chi connectivity index (χ4n) is 2.00. The monoisotopic (exact) mass is 283 g/mol. The number of oxime groups is 1. The molecule has 2 rings (SSSR count). The van der Waals surface area contributed by atoms with E-state index >= 15 is 0 Å². The Kier molecular flexibility index (Phi) is 6.49. The van der Waals surface area contributed by atoms with Gasteiger partial charge in [-0.15, -0.1) is 0 Å². The van der Waals surface area contributed by atoms with Gasteiger partial charge in [-0.2, -0.15) is 0 Å². The Bertz CT molecular complexity index is 535. The SMILES string of the molecule is OCCCCCON=Cc1ccc(-c2ccccc2)cc1. The van der Waals surface area contributed by atoms with Crippen LogP contribution in [0.15, 0.2) is 59.8 Å². The molecule has 0 atom stereocenters. The van der Waals surface area contributed by atoms with Gasteiger partial charge in [-0.1, -0.05) is 59.8 Å². The van der Waals surface area contributed by atoms with Crippen LogP contribution in [0.4, 0.5) is 0 Å². The molecule has 2 aromatic rings. The number of unbranched alkanes of at least 4 members (excludes halogenated alkanes) is 2. The molecule has 0 heterocycles. The Balaban J connectivity index is 1.80. The van der Waals surface area contributed by atoms with Crippen molar-refractivity contribution < 1.29 is 9.94 Å². The Morgan fingerprint density at radius 2 is 1.57 bits per heavy atom. The topological polar surface area (TPSA) is 41.8 Å². The van der Waals surface area contributed by atoms with Crippen LogP contribution in [0.3, 0.4) is 0 Å². The number of nitrogens with zero attached hydrogens (tertiary/aromatic N) is 1. The van der Waals surface area contributed by atoms with Crippen LogP contribution >= 0.6 is 0 Å². The smallest absolute Gasteiger partial charge is 0.117 e. The second-order valence-electron chi connectivity index (χ2n) is 4.84. The van der Waals surface area contributed by atoms with Gasteiger partial charge in [0.05, 0.1) is 6.21 Å². The molecule has 0 spiro atoms. The summed E-state index contributed by atoms with van der Waals surface area (Å²) in [6, 6.07) is 18.5. The molecule has 0 radical (unpaired) electrons. The Morgan fingerprint density at radius 3 is 2.29 bits per heavy atom. The summed E-state index contributed by atoms with van der Waals surface area (Å²) in [7, 11) is 0. The highest BCUT2D eigenvalue weighted by atomic mass is 16.6. The first-order valence-electron chi connectivity index (χ1n) is 7.32. The number of rotatable bonds is 8. The molecular formula is C18H21NO2. The van der Waals surface area contributed by atoms with Gasteiger partial charge in [0.15, 0.2) is 0 Å². The van der Waals surface area contributed by atoms with E-state index in [9.17, 15) is 0 Å². The summed E-state index contributed by atoms with van der Waals surface area (Å²) in [4.78, 5) is 5.19. The summed E-state index contributed by atoms with van der Waals surface area (Å²) in [6.45, 7) is 0.843. The Morgan fingerprint density at radius 1 is 0.857 bits per heavy atom. The summed E-state index contributed by atoms with van der Waals surface area (Å²) in [5.41, 5.74) is 3.42. The third-order valence-electron chi connectivity index (χ3n) is 3.19. The summed E-state index contributed by atoms with van der Waals surface area (Å²) < 4.78 is 0. The summed E-state index contributed by atoms with van der Waals surface area (Å²) in [5, 5.41) is 12.6. The molecule has 21 heavy (non-hydrogen) atoms. The van der Waals surface area contributed by atoms with Crippen LogP contribution in [0.1, 0.15) is 24.8 Å². The molecule has 0 unspecified atom stereocenters. The fraction of sp³-hybridized carbons (Fsp3) is 0.278. The number of hydrogen-bond acceptors (Lipinski definition) is 3. The normalized spacial score (nSPS) is 10.9. The van der Waals surface area contributed by atoms with E-state index in [0.29, 0.717) is 6.61 Å². The molecule has 110 valence electrons. The van der Waals surface area contributed by atoms with Gasteiger partial charge in [-0.05, 0) is 36.0 Å². The third kappa shape index (κ3) is 5.40. The van der Waals surface area contributed by atoms with E-state index in [0.717, 1.165) is 24.8 Å². The molecule has 0 fully saturated rings. The predicted molar refractivity (Wildman–Crippen MR) is 86.4 cm³/mol. The molecule has 1 N–H and O–H groups in total. The quantitative estimate of drug-likeness (QED) is 0.454. The number of hydrogen-bond donors (Lipinski definition) is 1. The maximum absolute atomic E-state index is 8.65. The van der Waals surface area contributed by atoms with Crippen molar-refractivity contribution in [3.63, 3.8) is 0 Å². The number of benzene rings is 2. The fourth-order valence-corrected chi connectivity index (χ4v) is 2.00. The molecule has 2 aromatic carbocycles.